The van der Waals surface area contributed by atoms with Gasteiger partial charge >= 0.3 is 0 Å². The minimum atomic E-state index is -0.00399. The molecule has 1 amide bonds. The Labute approximate surface area is 142 Å². The van der Waals surface area contributed by atoms with Crippen molar-refractivity contribution in [2.45, 2.75) is 19.4 Å². The monoisotopic (exact) mass is 329 g/mol. The van der Waals surface area contributed by atoms with Gasteiger partial charge in [-0.25, -0.2) is 0 Å². The van der Waals surface area contributed by atoms with E-state index >= 15 is 0 Å². The van der Waals surface area contributed by atoms with Crippen molar-refractivity contribution in [3.05, 3.63) is 53.6 Å². The van der Waals surface area contributed by atoms with Crippen LogP contribution in [0.5, 0.6) is 17.2 Å². The molecule has 0 atom stereocenters. The van der Waals surface area contributed by atoms with E-state index in [0.717, 1.165) is 17.5 Å². The summed E-state index contributed by atoms with van der Waals surface area (Å²) in [6.07, 6.45) is 1.16. The molecule has 0 aliphatic carbocycles. The lowest BCUT2D eigenvalue weighted by molar-refractivity contribution is -0.121. The molecule has 2 aromatic carbocycles. The molecule has 5 nitrogen and oxygen atoms in total. The van der Waals surface area contributed by atoms with Gasteiger partial charge in [0.05, 0.1) is 21.3 Å². The van der Waals surface area contributed by atoms with Crippen LogP contribution in [0.4, 0.5) is 0 Å². The van der Waals surface area contributed by atoms with Gasteiger partial charge in [-0.2, -0.15) is 0 Å². The van der Waals surface area contributed by atoms with E-state index in [0.29, 0.717) is 30.2 Å². The molecule has 0 fully saturated rings. The van der Waals surface area contributed by atoms with Crippen LogP contribution in [-0.2, 0) is 17.8 Å². The van der Waals surface area contributed by atoms with Crippen molar-refractivity contribution in [1.82, 2.24) is 5.32 Å². The number of carbonyl (C=O) groups is 1. The van der Waals surface area contributed by atoms with Crippen molar-refractivity contribution in [3.63, 3.8) is 0 Å². The summed E-state index contributed by atoms with van der Waals surface area (Å²) in [5.74, 6) is 1.84. The molecular formula is C19H23NO4. The lowest BCUT2D eigenvalue weighted by atomic mass is 10.1. The lowest BCUT2D eigenvalue weighted by Gasteiger charge is -2.14. The molecule has 5 heteroatoms. The van der Waals surface area contributed by atoms with E-state index in [4.69, 9.17) is 14.2 Å². The largest absolute Gasteiger partial charge is 0.496 e. The molecule has 0 aromatic heterocycles. The first kappa shape index (κ1) is 17.7. The number of carbonyl (C=O) groups excluding carboxylic acids is 1. The van der Waals surface area contributed by atoms with Crippen molar-refractivity contribution in [2.24, 2.45) is 0 Å². The fourth-order valence-corrected chi connectivity index (χ4v) is 2.42. The second-order valence-electron chi connectivity index (χ2n) is 5.28. The number of aryl methyl sites for hydroxylation is 1. The SMILES string of the molecule is COc1cc(OC)c(OC)cc1CNC(=O)CCc1ccccc1. The summed E-state index contributed by atoms with van der Waals surface area (Å²) in [6.45, 7) is 0.372. The Morgan fingerprint density at radius 2 is 1.54 bits per heavy atom. The Bertz CT molecular complexity index is 671. The highest BCUT2D eigenvalue weighted by Gasteiger charge is 2.12. The molecule has 2 aromatic rings. The molecule has 0 radical (unpaired) electrons. The second-order valence-corrected chi connectivity index (χ2v) is 5.28. The number of amides is 1. The van der Waals surface area contributed by atoms with Gasteiger partial charge in [0, 0.05) is 24.6 Å². The maximum absolute atomic E-state index is 12.1. The van der Waals surface area contributed by atoms with Crippen LogP contribution in [0.3, 0.4) is 0 Å². The van der Waals surface area contributed by atoms with E-state index in [1.807, 2.05) is 36.4 Å². The molecule has 0 saturated heterocycles. The molecule has 128 valence electrons. The van der Waals surface area contributed by atoms with Crippen LogP contribution in [-0.4, -0.2) is 27.2 Å². The Morgan fingerprint density at radius 1 is 0.917 bits per heavy atom. The summed E-state index contributed by atoms with van der Waals surface area (Å²) in [6, 6.07) is 13.5. The summed E-state index contributed by atoms with van der Waals surface area (Å²) in [5, 5.41) is 2.92. The number of benzene rings is 2. The average molecular weight is 329 g/mol. The van der Waals surface area contributed by atoms with Gasteiger partial charge in [-0.05, 0) is 18.1 Å². The van der Waals surface area contributed by atoms with Crippen LogP contribution in [0.2, 0.25) is 0 Å². The standard InChI is InChI=1S/C19H23NO4/c1-22-16-12-18(24-3)17(23-2)11-15(16)13-20-19(21)10-9-14-7-5-4-6-8-14/h4-8,11-12H,9-10,13H2,1-3H3,(H,20,21). The third-order valence-electron chi connectivity index (χ3n) is 3.75. The molecule has 0 heterocycles. The first-order valence-corrected chi connectivity index (χ1v) is 7.77. The normalized spacial score (nSPS) is 10.1. The summed E-state index contributed by atoms with van der Waals surface area (Å²) in [7, 11) is 4.73. The predicted molar refractivity (Wildman–Crippen MR) is 92.7 cm³/mol. The predicted octanol–water partition coefficient (Wildman–Crippen LogP) is 2.96. The number of rotatable bonds is 8. The maximum Gasteiger partial charge on any atom is 0.220 e. The zero-order valence-corrected chi connectivity index (χ0v) is 14.3. The number of methoxy groups -OCH3 is 3. The highest BCUT2D eigenvalue weighted by atomic mass is 16.5. The molecule has 24 heavy (non-hydrogen) atoms. The zero-order chi connectivity index (χ0) is 17.4. The van der Waals surface area contributed by atoms with Gasteiger partial charge in [-0.3, -0.25) is 4.79 Å². The van der Waals surface area contributed by atoms with Gasteiger partial charge in [0.15, 0.2) is 11.5 Å². The number of hydrogen-bond acceptors (Lipinski definition) is 4. The minimum Gasteiger partial charge on any atom is -0.496 e. The quantitative estimate of drug-likeness (QED) is 0.809. The average Bonchev–Trinajstić information content (AvgIpc) is 2.64. The van der Waals surface area contributed by atoms with E-state index in [2.05, 4.69) is 5.32 Å². The molecule has 2 rings (SSSR count). The highest BCUT2D eigenvalue weighted by Crippen LogP contribution is 2.34. The topological polar surface area (TPSA) is 56.8 Å². The Hall–Kier alpha value is -2.69. The van der Waals surface area contributed by atoms with Crippen molar-refractivity contribution in [2.75, 3.05) is 21.3 Å². The van der Waals surface area contributed by atoms with Crippen LogP contribution in [0.15, 0.2) is 42.5 Å². The van der Waals surface area contributed by atoms with E-state index in [9.17, 15) is 4.79 Å². The minimum absolute atomic E-state index is 0.00399. The van der Waals surface area contributed by atoms with Gasteiger partial charge in [-0.1, -0.05) is 30.3 Å². The van der Waals surface area contributed by atoms with Gasteiger partial charge in [0.25, 0.3) is 0 Å². The fraction of sp³-hybridized carbons (Fsp3) is 0.316. The molecule has 0 unspecified atom stereocenters. The van der Waals surface area contributed by atoms with Crippen LogP contribution >= 0.6 is 0 Å². The van der Waals surface area contributed by atoms with Crippen LogP contribution in [0, 0.1) is 0 Å². The fourth-order valence-electron chi connectivity index (χ4n) is 2.42. The Kier molecular flexibility index (Phi) is 6.49. The summed E-state index contributed by atoms with van der Waals surface area (Å²) in [4.78, 5) is 12.1. The molecule has 0 spiro atoms. The molecular weight excluding hydrogens is 306 g/mol. The zero-order valence-electron chi connectivity index (χ0n) is 14.3. The van der Waals surface area contributed by atoms with E-state index in [-0.39, 0.29) is 5.91 Å². The smallest absolute Gasteiger partial charge is 0.220 e. The van der Waals surface area contributed by atoms with E-state index in [1.165, 1.54) is 0 Å². The summed E-state index contributed by atoms with van der Waals surface area (Å²) in [5.41, 5.74) is 1.99. The Balaban J connectivity index is 1.96. The van der Waals surface area contributed by atoms with E-state index in [1.54, 1.807) is 27.4 Å². The molecule has 0 aliphatic heterocycles. The van der Waals surface area contributed by atoms with Crippen LogP contribution in [0.1, 0.15) is 17.5 Å². The summed E-state index contributed by atoms with van der Waals surface area (Å²) < 4.78 is 15.9. The maximum atomic E-state index is 12.1. The number of ether oxygens (including phenoxy) is 3. The molecule has 0 saturated carbocycles. The summed E-state index contributed by atoms with van der Waals surface area (Å²) >= 11 is 0. The highest BCUT2D eigenvalue weighted by molar-refractivity contribution is 5.76. The first-order valence-electron chi connectivity index (χ1n) is 7.77. The van der Waals surface area contributed by atoms with Crippen molar-refractivity contribution < 1.29 is 19.0 Å². The van der Waals surface area contributed by atoms with Crippen LogP contribution in [0.25, 0.3) is 0 Å². The lowest BCUT2D eigenvalue weighted by Crippen LogP contribution is -2.23. The first-order chi connectivity index (χ1) is 11.7. The van der Waals surface area contributed by atoms with Gasteiger partial charge in [-0.15, -0.1) is 0 Å². The van der Waals surface area contributed by atoms with Crippen molar-refractivity contribution in [1.29, 1.82) is 0 Å². The van der Waals surface area contributed by atoms with Gasteiger partial charge in [0.2, 0.25) is 5.91 Å². The third-order valence-corrected chi connectivity index (χ3v) is 3.75. The molecule has 0 aliphatic rings. The van der Waals surface area contributed by atoms with Gasteiger partial charge < -0.3 is 19.5 Å². The Morgan fingerprint density at radius 3 is 2.17 bits per heavy atom. The molecule has 0 bridgehead atoms. The van der Waals surface area contributed by atoms with Crippen LogP contribution < -0.4 is 19.5 Å². The van der Waals surface area contributed by atoms with Crippen molar-refractivity contribution >= 4 is 5.91 Å². The van der Waals surface area contributed by atoms with Crippen molar-refractivity contribution in [3.8, 4) is 17.2 Å². The third kappa shape index (κ3) is 4.65. The second kappa shape index (κ2) is 8.82. The molecule has 1 N–H and O–H groups in total. The van der Waals surface area contributed by atoms with E-state index < -0.39 is 0 Å². The number of nitrogens with one attached hydrogen (secondary N) is 1. The van der Waals surface area contributed by atoms with Gasteiger partial charge in [0.1, 0.15) is 5.75 Å². The number of hydrogen-bond donors (Lipinski definition) is 1.